The van der Waals surface area contributed by atoms with Gasteiger partial charge in [-0.3, -0.25) is 24.4 Å². The fourth-order valence-electron chi connectivity index (χ4n) is 5.92. The number of methoxy groups -OCH3 is 1. The van der Waals surface area contributed by atoms with Gasteiger partial charge in [0.05, 0.1) is 29.3 Å². The van der Waals surface area contributed by atoms with E-state index in [1.807, 2.05) is 35.2 Å². The molecule has 0 atom stereocenters. The second kappa shape index (κ2) is 17.8. The minimum Gasteiger partial charge on any atom is -0.491 e. The van der Waals surface area contributed by atoms with Gasteiger partial charge in [-0.1, -0.05) is 12.2 Å². The van der Waals surface area contributed by atoms with Crippen molar-refractivity contribution in [3.63, 3.8) is 0 Å². The van der Waals surface area contributed by atoms with Gasteiger partial charge in [-0.15, -0.1) is 0 Å². The molecular weight excluding hydrogens is 716 g/mol. The lowest BCUT2D eigenvalue weighted by Gasteiger charge is -2.14. The van der Waals surface area contributed by atoms with Crippen LogP contribution in [-0.4, -0.2) is 92.3 Å². The molecule has 3 heterocycles. The molecule has 0 aliphatic carbocycles. The van der Waals surface area contributed by atoms with Gasteiger partial charge in [0.15, 0.2) is 11.5 Å². The molecule has 0 aliphatic rings. The number of primary amides is 2. The summed E-state index contributed by atoms with van der Waals surface area (Å²) in [6, 6.07) is 7.53. The van der Waals surface area contributed by atoms with Crippen molar-refractivity contribution in [2.45, 2.75) is 39.8 Å². The van der Waals surface area contributed by atoms with E-state index < -0.39 is 28.5 Å². The standard InChI is InChI=1S/C36H42N10O9/c1-4-45-27(15-21(2)43-45)34-41-20-25-24-16-22(32(37)47)19-29(55-14-8-12-53-3)31(24)44(35(25)42-34)11-6-5-9-39-30-26(46(51)52)17-23(33(38)48)18-28(30)54-13-7-10-40-36(49)50/h5-6,15-20,39-40H,4,7-14H2,1-3H3,(H2,37,47)(H2,38,48)(H,49,50)/b6-5+. The largest absolute Gasteiger partial charge is 0.491 e. The topological polar surface area (TPSA) is 267 Å². The summed E-state index contributed by atoms with van der Waals surface area (Å²) in [5.74, 6) is -0.660. The van der Waals surface area contributed by atoms with Gasteiger partial charge in [0.25, 0.3) is 5.69 Å². The van der Waals surface area contributed by atoms with Crippen LogP contribution in [0.4, 0.5) is 16.2 Å². The second-order valence-corrected chi connectivity index (χ2v) is 12.2. The first-order chi connectivity index (χ1) is 26.4. The van der Waals surface area contributed by atoms with Crippen molar-refractivity contribution in [3.05, 3.63) is 75.6 Å². The summed E-state index contributed by atoms with van der Waals surface area (Å²) < 4.78 is 20.9. The summed E-state index contributed by atoms with van der Waals surface area (Å²) >= 11 is 0. The molecule has 0 radical (unpaired) electrons. The molecule has 290 valence electrons. The van der Waals surface area contributed by atoms with Crippen molar-refractivity contribution in [3.8, 4) is 23.0 Å². The molecule has 5 rings (SSSR count). The Labute approximate surface area is 314 Å². The molecule has 0 saturated heterocycles. The van der Waals surface area contributed by atoms with E-state index in [4.69, 9.17) is 35.8 Å². The summed E-state index contributed by atoms with van der Waals surface area (Å²) in [6.07, 6.45) is 4.91. The predicted molar refractivity (Wildman–Crippen MR) is 203 cm³/mol. The third-order valence-electron chi connectivity index (χ3n) is 8.39. The van der Waals surface area contributed by atoms with Crippen LogP contribution in [0.2, 0.25) is 0 Å². The molecular formula is C36H42N10O9. The predicted octanol–water partition coefficient (Wildman–Crippen LogP) is 4.00. The number of carbonyl (C=O) groups is 3. The number of aromatic nitrogens is 5. The number of hydrogen-bond donors (Lipinski definition) is 5. The number of hydrogen-bond acceptors (Lipinski definition) is 12. The number of ether oxygens (including phenoxy) is 3. The number of allylic oxidation sites excluding steroid dienone is 1. The number of aryl methyl sites for hydroxylation is 2. The number of nitrogens with two attached hydrogens (primary N) is 2. The normalized spacial score (nSPS) is 11.3. The van der Waals surface area contributed by atoms with E-state index in [-0.39, 0.29) is 55.2 Å². The molecule has 55 heavy (non-hydrogen) atoms. The maximum atomic E-state index is 12.4. The van der Waals surface area contributed by atoms with Gasteiger partial charge in [0.1, 0.15) is 22.8 Å². The quantitative estimate of drug-likeness (QED) is 0.0326. The number of fused-ring (bicyclic) bond motifs is 3. The molecule has 0 unspecified atom stereocenters. The van der Waals surface area contributed by atoms with Gasteiger partial charge in [-0.25, -0.2) is 14.8 Å². The number of nitrogens with zero attached hydrogens (tertiary/aromatic N) is 6. The number of amides is 3. The Hall–Kier alpha value is -6.76. The van der Waals surface area contributed by atoms with E-state index in [1.54, 1.807) is 31.5 Å². The highest BCUT2D eigenvalue weighted by Gasteiger charge is 2.24. The first-order valence-corrected chi connectivity index (χ1v) is 17.3. The number of carboxylic acid groups (broad SMARTS) is 1. The number of nitro groups is 1. The Morgan fingerprint density at radius 2 is 1.69 bits per heavy atom. The minimum atomic E-state index is -1.20. The fourth-order valence-corrected chi connectivity index (χ4v) is 5.92. The molecule has 7 N–H and O–H groups in total. The maximum Gasteiger partial charge on any atom is 0.404 e. The maximum absolute atomic E-state index is 12.4. The van der Waals surface area contributed by atoms with E-state index in [0.29, 0.717) is 59.7 Å². The number of nitro benzene ring substituents is 1. The van der Waals surface area contributed by atoms with Crippen molar-refractivity contribution in [2.24, 2.45) is 11.5 Å². The Morgan fingerprint density at radius 3 is 2.38 bits per heavy atom. The van der Waals surface area contributed by atoms with Crippen LogP contribution >= 0.6 is 0 Å². The zero-order valence-electron chi connectivity index (χ0n) is 30.5. The third kappa shape index (κ3) is 9.25. The Morgan fingerprint density at radius 1 is 0.982 bits per heavy atom. The highest BCUT2D eigenvalue weighted by Crippen LogP contribution is 2.38. The summed E-state index contributed by atoms with van der Waals surface area (Å²) in [7, 11) is 1.60. The molecule has 19 nitrogen and oxygen atoms in total. The average molecular weight is 759 g/mol. The van der Waals surface area contributed by atoms with Gasteiger partial charge >= 0.3 is 6.09 Å². The third-order valence-corrected chi connectivity index (χ3v) is 8.39. The smallest absolute Gasteiger partial charge is 0.404 e. The molecule has 0 spiro atoms. The van der Waals surface area contributed by atoms with E-state index in [9.17, 15) is 24.5 Å². The lowest BCUT2D eigenvalue weighted by Crippen LogP contribution is -2.23. The fraction of sp³-hybridized carbons (Fsp3) is 0.333. The summed E-state index contributed by atoms with van der Waals surface area (Å²) in [6.45, 7) is 5.64. The Bertz CT molecular complexity index is 2260. The molecule has 5 aromatic rings. The average Bonchev–Trinajstić information content (AvgIpc) is 3.69. The second-order valence-electron chi connectivity index (χ2n) is 12.2. The summed E-state index contributed by atoms with van der Waals surface area (Å²) in [4.78, 5) is 56.2. The number of nitrogens with one attached hydrogen (secondary N) is 2. The van der Waals surface area contributed by atoms with Gasteiger partial charge in [0.2, 0.25) is 11.8 Å². The highest BCUT2D eigenvalue weighted by atomic mass is 16.6. The van der Waals surface area contributed by atoms with Gasteiger partial charge in [-0.2, -0.15) is 5.10 Å². The summed E-state index contributed by atoms with van der Waals surface area (Å²) in [5.41, 5.74) is 13.6. The van der Waals surface area contributed by atoms with E-state index in [0.717, 1.165) is 17.5 Å². The van der Waals surface area contributed by atoms with Crippen LogP contribution in [0.1, 0.15) is 46.2 Å². The highest BCUT2D eigenvalue weighted by molar-refractivity contribution is 6.11. The number of anilines is 1. The van der Waals surface area contributed by atoms with Gasteiger partial charge in [0, 0.05) is 80.5 Å². The van der Waals surface area contributed by atoms with Crippen LogP contribution in [0.25, 0.3) is 33.5 Å². The van der Waals surface area contributed by atoms with Crippen LogP contribution in [-0.2, 0) is 17.8 Å². The van der Waals surface area contributed by atoms with Crippen molar-refractivity contribution in [1.82, 2.24) is 29.6 Å². The van der Waals surface area contributed by atoms with E-state index >= 15 is 0 Å². The molecule has 3 aromatic heterocycles. The monoisotopic (exact) mass is 758 g/mol. The first kappa shape index (κ1) is 39.4. The van der Waals surface area contributed by atoms with Gasteiger partial charge < -0.3 is 46.0 Å². The minimum absolute atomic E-state index is 0.000396. The van der Waals surface area contributed by atoms with E-state index in [1.165, 1.54) is 6.07 Å². The molecule has 0 fully saturated rings. The lowest BCUT2D eigenvalue weighted by atomic mass is 10.1. The molecule has 3 amide bonds. The van der Waals surface area contributed by atoms with Crippen LogP contribution < -0.4 is 31.6 Å². The first-order valence-electron chi connectivity index (χ1n) is 17.3. The molecule has 0 saturated carbocycles. The van der Waals surface area contributed by atoms with Crippen molar-refractivity contribution >= 4 is 51.2 Å². The SMILES string of the molecule is CCn1nc(C)cc1-c1ncc2c3cc(C(N)=O)cc(OCCCOC)c3n(C/C=C/CNc3c(OCCCNC(=O)O)cc(C(N)=O)cc3[N+](=O)[O-])c2n1. The van der Waals surface area contributed by atoms with Crippen LogP contribution in [0.5, 0.6) is 11.5 Å². The Kier molecular flexibility index (Phi) is 12.8. The Balaban J connectivity index is 1.52. The number of benzene rings is 2. The number of carbonyl (C=O) groups excluding carboxylic acids is 2. The van der Waals surface area contributed by atoms with E-state index in [2.05, 4.69) is 20.7 Å². The van der Waals surface area contributed by atoms with Crippen LogP contribution in [0.3, 0.4) is 0 Å². The molecule has 0 bridgehead atoms. The lowest BCUT2D eigenvalue weighted by molar-refractivity contribution is -0.384. The zero-order valence-corrected chi connectivity index (χ0v) is 30.5. The van der Waals surface area contributed by atoms with Gasteiger partial charge in [-0.05, 0) is 44.5 Å². The zero-order chi connectivity index (χ0) is 39.6. The van der Waals surface area contributed by atoms with Crippen molar-refractivity contribution in [2.75, 3.05) is 45.3 Å². The number of rotatable bonds is 20. The molecule has 0 aliphatic heterocycles. The van der Waals surface area contributed by atoms with Crippen molar-refractivity contribution in [1.29, 1.82) is 0 Å². The van der Waals surface area contributed by atoms with Crippen molar-refractivity contribution < 1.29 is 38.6 Å². The van der Waals surface area contributed by atoms with Crippen LogP contribution in [0, 0.1) is 17.0 Å². The molecule has 19 heteroatoms. The molecule has 2 aromatic carbocycles. The summed E-state index contributed by atoms with van der Waals surface area (Å²) in [5, 5.41) is 32.0. The van der Waals surface area contributed by atoms with Crippen LogP contribution in [0.15, 0.2) is 48.7 Å².